The number of rotatable bonds is 3. The first kappa shape index (κ1) is 13.2. The number of hydrogen-bond acceptors (Lipinski definition) is 4. The van der Waals surface area contributed by atoms with Crippen molar-refractivity contribution in [1.82, 2.24) is 9.19 Å². The van der Waals surface area contributed by atoms with Crippen LogP contribution in [0.25, 0.3) is 11.3 Å². The number of fused-ring (bicyclic) bond motifs is 3. The molecule has 0 spiro atoms. The van der Waals surface area contributed by atoms with E-state index in [1.807, 2.05) is 11.8 Å². The van der Waals surface area contributed by atoms with Gasteiger partial charge < -0.3 is 0 Å². The second-order valence-electron chi connectivity index (χ2n) is 5.07. The Hall–Kier alpha value is -0.771. The van der Waals surface area contributed by atoms with Crippen LogP contribution in [0.4, 0.5) is 0 Å². The van der Waals surface area contributed by atoms with Crippen LogP contribution in [0.3, 0.4) is 0 Å². The second kappa shape index (κ2) is 4.97. The standard InChI is InChI=1S/C14H16N2OSSe/c1-4-7-18-9-5-6-10-11(8-9)17-14(2,3)13-12(10)15-16-19-13/h5-6,8H,4,7H2,1-3H3. The molecule has 0 saturated carbocycles. The van der Waals surface area contributed by atoms with Crippen molar-refractivity contribution in [3.63, 3.8) is 0 Å². The summed E-state index contributed by atoms with van der Waals surface area (Å²) in [6.45, 7) is 6.41. The average molecular weight is 339 g/mol. The molecular weight excluding hydrogens is 323 g/mol. The van der Waals surface area contributed by atoms with Crippen LogP contribution in [-0.4, -0.2) is 29.7 Å². The third-order valence-corrected chi connectivity index (χ3v) is 6.44. The summed E-state index contributed by atoms with van der Waals surface area (Å²) in [5.74, 6) is 2.08. The van der Waals surface area contributed by atoms with Gasteiger partial charge in [0, 0.05) is 0 Å². The predicted molar refractivity (Wildman–Crippen MR) is 79.1 cm³/mol. The van der Waals surface area contributed by atoms with Gasteiger partial charge in [0.2, 0.25) is 0 Å². The molecule has 0 unspecified atom stereocenters. The molecule has 1 aromatic heterocycles. The zero-order chi connectivity index (χ0) is 13.5. The average Bonchev–Trinajstić information content (AvgIpc) is 2.86. The Kier molecular flexibility index (Phi) is 3.46. The van der Waals surface area contributed by atoms with Crippen molar-refractivity contribution in [3.05, 3.63) is 22.6 Å². The van der Waals surface area contributed by atoms with Crippen LogP contribution < -0.4 is 4.74 Å². The molecule has 3 rings (SSSR count). The molecule has 0 amide bonds. The van der Waals surface area contributed by atoms with Gasteiger partial charge in [0.1, 0.15) is 0 Å². The molecule has 3 nitrogen and oxygen atoms in total. The van der Waals surface area contributed by atoms with Gasteiger partial charge in [-0.1, -0.05) is 0 Å². The van der Waals surface area contributed by atoms with E-state index in [-0.39, 0.29) is 20.3 Å². The Labute approximate surface area is 123 Å². The number of aromatic nitrogens is 2. The van der Waals surface area contributed by atoms with Crippen LogP contribution in [0.5, 0.6) is 5.75 Å². The Morgan fingerprint density at radius 1 is 1.37 bits per heavy atom. The summed E-state index contributed by atoms with van der Waals surface area (Å²) in [5.41, 5.74) is 1.86. The molecule has 0 bridgehead atoms. The van der Waals surface area contributed by atoms with E-state index >= 15 is 0 Å². The van der Waals surface area contributed by atoms with Crippen molar-refractivity contribution >= 4 is 26.5 Å². The van der Waals surface area contributed by atoms with Crippen molar-refractivity contribution in [2.75, 3.05) is 5.75 Å². The van der Waals surface area contributed by atoms with Crippen LogP contribution in [-0.2, 0) is 5.60 Å². The molecule has 2 heterocycles. The van der Waals surface area contributed by atoms with Gasteiger partial charge in [0.25, 0.3) is 0 Å². The maximum atomic E-state index is 6.18. The molecule has 0 N–H and O–H groups in total. The van der Waals surface area contributed by atoms with E-state index in [4.69, 9.17) is 4.74 Å². The zero-order valence-corrected chi connectivity index (χ0v) is 13.8. The number of hydrogen-bond donors (Lipinski definition) is 0. The fourth-order valence-electron chi connectivity index (χ4n) is 2.18. The SMILES string of the molecule is CCCSc1ccc2c(c1)OC(C)(C)c1[se]nnc1-2. The first-order valence-corrected chi connectivity index (χ1v) is 9.01. The van der Waals surface area contributed by atoms with Gasteiger partial charge in [-0.2, -0.15) is 0 Å². The fourth-order valence-corrected chi connectivity index (χ4v) is 4.44. The van der Waals surface area contributed by atoms with Gasteiger partial charge in [0.05, 0.1) is 0 Å². The summed E-state index contributed by atoms with van der Waals surface area (Å²) in [5, 5.41) is 4.33. The molecule has 19 heavy (non-hydrogen) atoms. The van der Waals surface area contributed by atoms with Gasteiger partial charge >= 0.3 is 124 Å². The van der Waals surface area contributed by atoms with Crippen LogP contribution in [0, 0.1) is 0 Å². The van der Waals surface area contributed by atoms with Crippen LogP contribution >= 0.6 is 11.8 Å². The van der Waals surface area contributed by atoms with Gasteiger partial charge in [-0.15, -0.1) is 0 Å². The van der Waals surface area contributed by atoms with Crippen LogP contribution in [0.15, 0.2) is 23.1 Å². The summed E-state index contributed by atoms with van der Waals surface area (Å²) < 4.78 is 11.7. The Bertz CT molecular complexity index is 609. The Morgan fingerprint density at radius 3 is 3.00 bits per heavy atom. The van der Waals surface area contributed by atoms with E-state index in [0.717, 1.165) is 22.8 Å². The fraction of sp³-hybridized carbons (Fsp3) is 0.429. The number of nitrogens with zero attached hydrogens (tertiary/aromatic N) is 2. The van der Waals surface area contributed by atoms with Crippen molar-refractivity contribution < 1.29 is 4.74 Å². The molecular formula is C14H16N2OSSe. The van der Waals surface area contributed by atoms with E-state index in [9.17, 15) is 0 Å². The van der Waals surface area contributed by atoms with Gasteiger partial charge in [0.15, 0.2) is 0 Å². The molecule has 0 radical (unpaired) electrons. The molecule has 1 aliphatic rings. The van der Waals surface area contributed by atoms with E-state index in [1.165, 1.54) is 15.8 Å². The monoisotopic (exact) mass is 340 g/mol. The van der Waals surface area contributed by atoms with E-state index in [0.29, 0.717) is 0 Å². The van der Waals surface area contributed by atoms with Gasteiger partial charge in [-0.05, 0) is 0 Å². The van der Waals surface area contributed by atoms with Gasteiger partial charge in [-0.3, -0.25) is 0 Å². The second-order valence-corrected chi connectivity index (χ2v) is 7.82. The summed E-state index contributed by atoms with van der Waals surface area (Å²) in [6.07, 6.45) is 1.18. The minimum absolute atomic E-state index is 0.0894. The summed E-state index contributed by atoms with van der Waals surface area (Å²) in [6, 6.07) is 6.42. The van der Waals surface area contributed by atoms with E-state index in [2.05, 4.69) is 48.2 Å². The van der Waals surface area contributed by atoms with Crippen molar-refractivity contribution in [1.29, 1.82) is 0 Å². The van der Waals surface area contributed by atoms with E-state index in [1.54, 1.807) is 0 Å². The van der Waals surface area contributed by atoms with Crippen molar-refractivity contribution in [3.8, 4) is 17.0 Å². The maximum absolute atomic E-state index is 6.18. The first-order valence-electron chi connectivity index (χ1n) is 6.41. The molecule has 2 aromatic rings. The molecule has 5 heteroatoms. The summed E-state index contributed by atoms with van der Waals surface area (Å²) in [7, 11) is 0. The molecule has 100 valence electrons. The normalized spacial score (nSPS) is 15.5. The molecule has 0 aliphatic carbocycles. The molecule has 1 aromatic carbocycles. The quantitative estimate of drug-likeness (QED) is 0.635. The number of thioether (sulfide) groups is 1. The third kappa shape index (κ3) is 2.35. The topological polar surface area (TPSA) is 35.0 Å². The minimum atomic E-state index is -0.278. The van der Waals surface area contributed by atoms with Gasteiger partial charge in [-0.25, -0.2) is 0 Å². The molecule has 0 saturated heterocycles. The molecule has 0 atom stereocenters. The summed E-state index contributed by atoms with van der Waals surface area (Å²) >= 11 is 1.96. The van der Waals surface area contributed by atoms with E-state index < -0.39 is 0 Å². The van der Waals surface area contributed by atoms with Crippen molar-refractivity contribution in [2.45, 2.75) is 37.7 Å². The predicted octanol–water partition coefficient (Wildman–Crippen LogP) is 3.33. The van der Waals surface area contributed by atoms with Crippen molar-refractivity contribution in [2.24, 2.45) is 0 Å². The van der Waals surface area contributed by atoms with Crippen LogP contribution in [0.2, 0.25) is 0 Å². The molecule has 0 fully saturated rings. The third-order valence-electron chi connectivity index (χ3n) is 3.08. The zero-order valence-electron chi connectivity index (χ0n) is 11.3. The number of benzene rings is 1. The molecule has 1 aliphatic heterocycles. The number of ether oxygens (including phenoxy) is 1. The van der Waals surface area contributed by atoms with Crippen LogP contribution in [0.1, 0.15) is 31.6 Å². The first-order chi connectivity index (χ1) is 9.12. The Balaban J connectivity index is 2.04. The summed E-state index contributed by atoms with van der Waals surface area (Å²) in [4.78, 5) is 1.26. The Morgan fingerprint density at radius 2 is 2.21 bits per heavy atom.